The summed E-state index contributed by atoms with van der Waals surface area (Å²) in [7, 11) is 0. The van der Waals surface area contributed by atoms with E-state index in [4.69, 9.17) is 5.73 Å². The SMILES string of the molecule is NCc1nc(-c2ccc3nc[nH]c3c2)cs1. The number of hydrogen-bond donors (Lipinski definition) is 2. The van der Waals surface area contributed by atoms with Crippen molar-refractivity contribution >= 4 is 22.4 Å². The van der Waals surface area contributed by atoms with Gasteiger partial charge >= 0.3 is 0 Å². The van der Waals surface area contributed by atoms with Crippen LogP contribution in [0.25, 0.3) is 22.3 Å². The molecule has 3 rings (SSSR count). The molecule has 0 aliphatic carbocycles. The average Bonchev–Trinajstić information content (AvgIpc) is 2.96. The fourth-order valence-electron chi connectivity index (χ4n) is 1.63. The topological polar surface area (TPSA) is 67.6 Å². The molecule has 0 radical (unpaired) electrons. The average molecular weight is 230 g/mol. The molecular weight excluding hydrogens is 220 g/mol. The summed E-state index contributed by atoms with van der Waals surface area (Å²) >= 11 is 1.59. The number of imidazole rings is 1. The molecule has 2 aromatic heterocycles. The maximum absolute atomic E-state index is 5.55. The predicted molar refractivity (Wildman–Crippen MR) is 65.1 cm³/mol. The summed E-state index contributed by atoms with van der Waals surface area (Å²) < 4.78 is 0. The highest BCUT2D eigenvalue weighted by Gasteiger charge is 2.05. The zero-order valence-corrected chi connectivity index (χ0v) is 9.29. The zero-order valence-electron chi connectivity index (χ0n) is 8.47. The number of nitrogens with zero attached hydrogens (tertiary/aromatic N) is 2. The van der Waals surface area contributed by atoms with Crippen molar-refractivity contribution in [1.82, 2.24) is 15.0 Å². The molecule has 0 aliphatic heterocycles. The van der Waals surface area contributed by atoms with E-state index in [0.29, 0.717) is 6.54 Å². The number of nitrogens with one attached hydrogen (secondary N) is 1. The molecule has 80 valence electrons. The lowest BCUT2D eigenvalue weighted by Crippen LogP contribution is -1.94. The van der Waals surface area contributed by atoms with E-state index in [-0.39, 0.29) is 0 Å². The van der Waals surface area contributed by atoms with Gasteiger partial charge in [-0.25, -0.2) is 9.97 Å². The van der Waals surface area contributed by atoms with Crippen LogP contribution in [0.3, 0.4) is 0 Å². The molecule has 1 aromatic carbocycles. The van der Waals surface area contributed by atoms with Gasteiger partial charge in [0.1, 0.15) is 5.01 Å². The first kappa shape index (κ1) is 9.50. The van der Waals surface area contributed by atoms with E-state index in [2.05, 4.69) is 21.0 Å². The lowest BCUT2D eigenvalue weighted by molar-refractivity contribution is 1.04. The van der Waals surface area contributed by atoms with Crippen molar-refractivity contribution in [2.75, 3.05) is 0 Å². The second kappa shape index (κ2) is 3.70. The Bertz CT molecular complexity index is 625. The Labute approximate surface area is 96.2 Å². The maximum atomic E-state index is 5.55. The number of rotatable bonds is 2. The van der Waals surface area contributed by atoms with Gasteiger partial charge in [0.2, 0.25) is 0 Å². The number of fused-ring (bicyclic) bond motifs is 1. The summed E-state index contributed by atoms with van der Waals surface area (Å²) in [4.78, 5) is 11.7. The maximum Gasteiger partial charge on any atom is 0.107 e. The highest BCUT2D eigenvalue weighted by Crippen LogP contribution is 2.24. The molecule has 0 bridgehead atoms. The first-order valence-electron chi connectivity index (χ1n) is 4.95. The zero-order chi connectivity index (χ0) is 11.0. The van der Waals surface area contributed by atoms with Crippen LogP contribution in [0.1, 0.15) is 5.01 Å². The molecule has 16 heavy (non-hydrogen) atoms. The number of benzene rings is 1. The summed E-state index contributed by atoms with van der Waals surface area (Å²) in [5.74, 6) is 0. The Morgan fingerprint density at radius 3 is 3.12 bits per heavy atom. The van der Waals surface area contributed by atoms with Gasteiger partial charge in [-0.05, 0) is 12.1 Å². The summed E-state index contributed by atoms with van der Waals surface area (Å²) in [6, 6.07) is 6.07. The molecule has 0 saturated heterocycles. The first-order valence-corrected chi connectivity index (χ1v) is 5.83. The lowest BCUT2D eigenvalue weighted by Gasteiger charge is -1.96. The summed E-state index contributed by atoms with van der Waals surface area (Å²) in [6.45, 7) is 0.497. The van der Waals surface area contributed by atoms with Crippen LogP contribution >= 0.6 is 11.3 Å². The molecule has 4 nitrogen and oxygen atoms in total. The predicted octanol–water partition coefficient (Wildman–Crippen LogP) is 2.15. The molecule has 5 heteroatoms. The highest BCUT2D eigenvalue weighted by atomic mass is 32.1. The van der Waals surface area contributed by atoms with Gasteiger partial charge in [-0.2, -0.15) is 0 Å². The van der Waals surface area contributed by atoms with Crippen LogP contribution in [0.15, 0.2) is 29.9 Å². The Kier molecular flexibility index (Phi) is 2.19. The van der Waals surface area contributed by atoms with E-state index in [9.17, 15) is 0 Å². The van der Waals surface area contributed by atoms with E-state index >= 15 is 0 Å². The summed E-state index contributed by atoms with van der Waals surface area (Å²) in [6.07, 6.45) is 1.70. The summed E-state index contributed by atoms with van der Waals surface area (Å²) in [5.41, 5.74) is 9.61. The summed E-state index contributed by atoms with van der Waals surface area (Å²) in [5, 5.41) is 2.99. The van der Waals surface area contributed by atoms with E-state index in [1.807, 2.05) is 17.5 Å². The first-order chi connectivity index (χ1) is 7.86. The monoisotopic (exact) mass is 230 g/mol. The van der Waals surface area contributed by atoms with E-state index in [1.165, 1.54) is 0 Å². The third-order valence-corrected chi connectivity index (χ3v) is 3.31. The van der Waals surface area contributed by atoms with Gasteiger partial charge in [-0.1, -0.05) is 6.07 Å². The second-order valence-corrected chi connectivity index (χ2v) is 4.41. The second-order valence-electron chi connectivity index (χ2n) is 3.47. The van der Waals surface area contributed by atoms with Gasteiger partial charge in [0.25, 0.3) is 0 Å². The molecule has 0 atom stereocenters. The fraction of sp³-hybridized carbons (Fsp3) is 0.0909. The fourth-order valence-corrected chi connectivity index (χ4v) is 2.32. The van der Waals surface area contributed by atoms with Gasteiger partial charge in [-0.15, -0.1) is 11.3 Å². The molecule has 0 aliphatic rings. The molecular formula is C11H10N4S. The van der Waals surface area contributed by atoms with E-state index < -0.39 is 0 Å². The van der Waals surface area contributed by atoms with Crippen molar-refractivity contribution in [3.8, 4) is 11.3 Å². The van der Waals surface area contributed by atoms with Gasteiger partial charge in [0.05, 0.1) is 23.1 Å². The van der Waals surface area contributed by atoms with Gasteiger partial charge in [0, 0.05) is 17.5 Å². The van der Waals surface area contributed by atoms with Crippen LogP contribution in [0.4, 0.5) is 0 Å². The normalized spacial score (nSPS) is 11.1. The van der Waals surface area contributed by atoms with E-state index in [1.54, 1.807) is 17.7 Å². The number of thiazole rings is 1. The quantitative estimate of drug-likeness (QED) is 0.708. The molecule has 0 spiro atoms. The van der Waals surface area contributed by atoms with Gasteiger partial charge in [0.15, 0.2) is 0 Å². The number of nitrogens with two attached hydrogens (primary N) is 1. The van der Waals surface area contributed by atoms with Gasteiger partial charge < -0.3 is 10.7 Å². The standard InChI is InChI=1S/C11H10N4S/c12-4-11-15-10(5-16-11)7-1-2-8-9(3-7)14-6-13-8/h1-3,5-6H,4,12H2,(H,13,14). The molecule has 0 saturated carbocycles. The minimum atomic E-state index is 0.497. The number of hydrogen-bond acceptors (Lipinski definition) is 4. The Morgan fingerprint density at radius 1 is 1.38 bits per heavy atom. The van der Waals surface area contributed by atoms with Crippen molar-refractivity contribution < 1.29 is 0 Å². The highest BCUT2D eigenvalue weighted by molar-refractivity contribution is 7.09. The number of aromatic nitrogens is 3. The van der Waals surface area contributed by atoms with Gasteiger partial charge in [-0.3, -0.25) is 0 Å². The minimum absolute atomic E-state index is 0.497. The smallest absolute Gasteiger partial charge is 0.107 e. The largest absolute Gasteiger partial charge is 0.345 e. The molecule has 3 N–H and O–H groups in total. The molecule has 3 aromatic rings. The van der Waals surface area contributed by atoms with Crippen molar-refractivity contribution in [3.05, 3.63) is 34.9 Å². The van der Waals surface area contributed by atoms with Crippen LogP contribution in [0.2, 0.25) is 0 Å². The van der Waals surface area contributed by atoms with Crippen molar-refractivity contribution in [2.45, 2.75) is 6.54 Å². The molecule has 0 amide bonds. The third kappa shape index (κ3) is 1.50. The molecule has 0 fully saturated rings. The van der Waals surface area contributed by atoms with Crippen LogP contribution in [-0.4, -0.2) is 15.0 Å². The number of aromatic amines is 1. The van der Waals surface area contributed by atoms with Crippen LogP contribution in [-0.2, 0) is 6.54 Å². The van der Waals surface area contributed by atoms with Crippen molar-refractivity contribution in [3.63, 3.8) is 0 Å². The number of H-pyrrole nitrogens is 1. The Hall–Kier alpha value is -1.72. The Balaban J connectivity index is 2.10. The van der Waals surface area contributed by atoms with Crippen LogP contribution < -0.4 is 5.73 Å². The lowest BCUT2D eigenvalue weighted by atomic mass is 10.1. The van der Waals surface area contributed by atoms with Crippen molar-refractivity contribution in [2.24, 2.45) is 5.73 Å². The van der Waals surface area contributed by atoms with Crippen LogP contribution in [0.5, 0.6) is 0 Å². The molecule has 2 heterocycles. The minimum Gasteiger partial charge on any atom is -0.345 e. The third-order valence-electron chi connectivity index (χ3n) is 2.44. The Morgan fingerprint density at radius 2 is 2.31 bits per heavy atom. The molecule has 0 unspecified atom stereocenters. The van der Waals surface area contributed by atoms with Crippen LogP contribution in [0, 0.1) is 0 Å². The van der Waals surface area contributed by atoms with E-state index in [0.717, 1.165) is 27.3 Å². The van der Waals surface area contributed by atoms with Crippen molar-refractivity contribution in [1.29, 1.82) is 0 Å².